The Labute approximate surface area is 242 Å². The zero-order valence-electron chi connectivity index (χ0n) is 23.7. The molecule has 41 heavy (non-hydrogen) atoms. The first-order valence-corrected chi connectivity index (χ1v) is 14.8. The van der Waals surface area contributed by atoms with Crippen LogP contribution in [0.5, 0.6) is 0 Å². The fourth-order valence-corrected chi connectivity index (χ4v) is 6.87. The van der Waals surface area contributed by atoms with Gasteiger partial charge in [-0.15, -0.1) is 12.3 Å². The van der Waals surface area contributed by atoms with Crippen LogP contribution in [-0.2, 0) is 6.42 Å². The number of terminal acetylenes is 1. The lowest BCUT2D eigenvalue weighted by Gasteiger charge is -2.19. The molecule has 2 aliphatic rings. The lowest BCUT2D eigenvalue weighted by Crippen LogP contribution is -2.18. The molecule has 2 heterocycles. The minimum Gasteiger partial charge on any atom is -0.365 e. The van der Waals surface area contributed by atoms with E-state index in [9.17, 15) is 0 Å². The number of hydrogen-bond acceptors (Lipinski definition) is 1. The molecule has 1 aliphatic heterocycles. The van der Waals surface area contributed by atoms with Crippen molar-refractivity contribution in [3.63, 3.8) is 0 Å². The summed E-state index contributed by atoms with van der Waals surface area (Å²) in [5.41, 5.74) is 11.3. The maximum absolute atomic E-state index is 5.79. The SMILES string of the molecule is C#CCC1=C(/C=C\C)c2cccc3c(-c4ccc(-n5c6c(c7ccccc75)CC=CC(CCC)N6)cc4)ccc1c23. The van der Waals surface area contributed by atoms with Crippen molar-refractivity contribution in [2.45, 2.75) is 45.6 Å². The number of hydrogen-bond donors (Lipinski definition) is 1. The van der Waals surface area contributed by atoms with Gasteiger partial charge in [0.25, 0.3) is 0 Å². The first-order chi connectivity index (χ1) is 20.2. The maximum atomic E-state index is 5.79. The summed E-state index contributed by atoms with van der Waals surface area (Å²) < 4.78 is 2.41. The molecule has 7 rings (SSSR count). The maximum Gasteiger partial charge on any atom is 0.115 e. The Kier molecular flexibility index (Phi) is 6.37. The normalized spacial score (nSPS) is 15.9. The Morgan fingerprint density at radius 2 is 1.73 bits per heavy atom. The predicted molar refractivity (Wildman–Crippen MR) is 176 cm³/mol. The molecule has 200 valence electrons. The van der Waals surface area contributed by atoms with Crippen LogP contribution in [0.4, 0.5) is 5.82 Å². The van der Waals surface area contributed by atoms with Crippen molar-refractivity contribution in [2.24, 2.45) is 0 Å². The highest BCUT2D eigenvalue weighted by atomic mass is 15.1. The molecule has 5 aromatic rings. The van der Waals surface area contributed by atoms with Crippen LogP contribution < -0.4 is 5.32 Å². The number of allylic oxidation sites excluding steroid dienone is 5. The van der Waals surface area contributed by atoms with Crippen LogP contribution in [0, 0.1) is 12.3 Å². The lowest BCUT2D eigenvalue weighted by molar-refractivity contribution is 0.735. The average molecular weight is 531 g/mol. The Bertz CT molecular complexity index is 1940. The van der Waals surface area contributed by atoms with Gasteiger partial charge in [0, 0.05) is 29.1 Å². The summed E-state index contributed by atoms with van der Waals surface area (Å²) in [5.74, 6) is 4.11. The molecule has 0 saturated carbocycles. The fraction of sp³-hybridized carbons (Fsp3) is 0.179. The number of fused-ring (bicyclic) bond motifs is 3. The lowest BCUT2D eigenvalue weighted by atomic mass is 9.93. The highest BCUT2D eigenvalue weighted by molar-refractivity contribution is 6.18. The van der Waals surface area contributed by atoms with Crippen molar-refractivity contribution < 1.29 is 0 Å². The molecule has 0 saturated heterocycles. The van der Waals surface area contributed by atoms with Gasteiger partial charge in [0.2, 0.25) is 0 Å². The fourth-order valence-electron chi connectivity index (χ4n) is 6.87. The largest absolute Gasteiger partial charge is 0.365 e. The van der Waals surface area contributed by atoms with E-state index < -0.39 is 0 Å². The minimum atomic E-state index is 0.345. The van der Waals surface area contributed by atoms with Gasteiger partial charge >= 0.3 is 0 Å². The second-order valence-corrected chi connectivity index (χ2v) is 11.1. The summed E-state index contributed by atoms with van der Waals surface area (Å²) in [6, 6.07) is 29.4. The van der Waals surface area contributed by atoms with Gasteiger partial charge in [0.1, 0.15) is 5.82 Å². The van der Waals surface area contributed by atoms with Crippen molar-refractivity contribution in [3.05, 3.63) is 120 Å². The minimum absolute atomic E-state index is 0.345. The zero-order chi connectivity index (χ0) is 27.9. The summed E-state index contributed by atoms with van der Waals surface area (Å²) in [6.45, 7) is 4.32. The van der Waals surface area contributed by atoms with Gasteiger partial charge < -0.3 is 5.32 Å². The van der Waals surface area contributed by atoms with Gasteiger partial charge in [0.15, 0.2) is 0 Å². The Morgan fingerprint density at radius 3 is 2.54 bits per heavy atom. The van der Waals surface area contributed by atoms with E-state index in [1.54, 1.807) is 0 Å². The molecular formula is C39H34N2. The third-order valence-electron chi connectivity index (χ3n) is 8.62. The summed E-state index contributed by atoms with van der Waals surface area (Å²) in [4.78, 5) is 0. The van der Waals surface area contributed by atoms with Crippen LogP contribution in [0.25, 0.3) is 49.6 Å². The highest BCUT2D eigenvalue weighted by Gasteiger charge is 2.24. The quantitative estimate of drug-likeness (QED) is 0.171. The molecule has 0 fully saturated rings. The molecule has 1 aliphatic carbocycles. The molecule has 1 unspecified atom stereocenters. The molecule has 1 atom stereocenters. The first-order valence-electron chi connectivity index (χ1n) is 14.8. The molecular weight excluding hydrogens is 496 g/mol. The van der Waals surface area contributed by atoms with Gasteiger partial charge in [0.05, 0.1) is 5.52 Å². The molecule has 4 aromatic carbocycles. The number of para-hydroxylation sites is 1. The van der Waals surface area contributed by atoms with Crippen LogP contribution >= 0.6 is 0 Å². The van der Waals surface area contributed by atoms with Crippen molar-refractivity contribution in [1.82, 2.24) is 4.57 Å². The van der Waals surface area contributed by atoms with Gasteiger partial charge in [-0.3, -0.25) is 4.57 Å². The third kappa shape index (κ3) is 4.04. The van der Waals surface area contributed by atoms with Crippen molar-refractivity contribution in [3.8, 4) is 29.2 Å². The molecule has 1 aromatic heterocycles. The predicted octanol–water partition coefficient (Wildman–Crippen LogP) is 9.97. The number of nitrogens with one attached hydrogen (secondary N) is 1. The number of rotatable bonds is 6. The summed E-state index contributed by atoms with van der Waals surface area (Å²) in [6.07, 6.45) is 18.6. The average Bonchev–Trinajstić information content (AvgIpc) is 3.37. The van der Waals surface area contributed by atoms with Gasteiger partial charge in [-0.05, 0) is 82.1 Å². The highest BCUT2D eigenvalue weighted by Crippen LogP contribution is 2.46. The Hall–Kier alpha value is -4.74. The molecule has 0 amide bonds. The van der Waals surface area contributed by atoms with E-state index in [-0.39, 0.29) is 0 Å². The zero-order valence-corrected chi connectivity index (χ0v) is 23.7. The monoisotopic (exact) mass is 530 g/mol. The van der Waals surface area contributed by atoms with E-state index in [0.717, 1.165) is 19.3 Å². The van der Waals surface area contributed by atoms with Gasteiger partial charge in [-0.2, -0.15) is 0 Å². The van der Waals surface area contributed by atoms with E-state index >= 15 is 0 Å². The van der Waals surface area contributed by atoms with Crippen molar-refractivity contribution in [1.29, 1.82) is 0 Å². The number of benzene rings is 4. The second-order valence-electron chi connectivity index (χ2n) is 11.1. The molecule has 0 radical (unpaired) electrons. The first kappa shape index (κ1) is 25.2. The van der Waals surface area contributed by atoms with Crippen LogP contribution in [0.3, 0.4) is 0 Å². The Morgan fingerprint density at radius 1 is 0.927 bits per heavy atom. The molecule has 1 N–H and O–H groups in total. The smallest absolute Gasteiger partial charge is 0.115 e. The van der Waals surface area contributed by atoms with E-state index in [0.29, 0.717) is 12.5 Å². The van der Waals surface area contributed by atoms with Crippen LogP contribution in [0.1, 0.15) is 49.8 Å². The summed E-state index contributed by atoms with van der Waals surface area (Å²) in [5, 5.41) is 7.80. The van der Waals surface area contributed by atoms with E-state index in [4.69, 9.17) is 6.42 Å². The second kappa shape index (κ2) is 10.3. The topological polar surface area (TPSA) is 17.0 Å². The van der Waals surface area contributed by atoms with E-state index in [2.05, 4.69) is 133 Å². The number of aromatic nitrogens is 1. The number of nitrogens with zero attached hydrogens (tertiary/aromatic N) is 1. The van der Waals surface area contributed by atoms with Crippen molar-refractivity contribution >= 4 is 38.6 Å². The van der Waals surface area contributed by atoms with Crippen molar-refractivity contribution in [2.75, 3.05) is 5.32 Å². The number of anilines is 1. The molecule has 0 bridgehead atoms. The molecule has 2 heteroatoms. The van der Waals surface area contributed by atoms with Crippen LogP contribution in [-0.4, -0.2) is 10.6 Å². The van der Waals surface area contributed by atoms with Gasteiger partial charge in [-0.25, -0.2) is 0 Å². The standard InChI is InChI=1S/C39H34N2/c1-4-11-27-14-9-18-36-32-15-7-8-19-37(32)41(39(36)40-27)28-22-20-26(21-23-28)29-24-25-35-31(13-6-3)30(12-5-2)34-17-10-16-33(29)38(34)35/h3,5,7-10,12,14-17,19-25,27,40H,4,11,13,18H2,1-2H3/b12-5-. The van der Waals surface area contributed by atoms with Crippen LogP contribution in [0.2, 0.25) is 0 Å². The van der Waals surface area contributed by atoms with Gasteiger partial charge in [-0.1, -0.05) is 98.3 Å². The van der Waals surface area contributed by atoms with E-state index in [1.165, 1.54) is 72.1 Å². The van der Waals surface area contributed by atoms with E-state index in [1.807, 2.05) is 0 Å². The molecule has 2 nitrogen and oxygen atoms in total. The molecule has 0 spiro atoms. The van der Waals surface area contributed by atoms with Crippen LogP contribution in [0.15, 0.2) is 103 Å². The summed E-state index contributed by atoms with van der Waals surface area (Å²) in [7, 11) is 0. The summed E-state index contributed by atoms with van der Waals surface area (Å²) >= 11 is 0. The Balaban J connectivity index is 1.34. The third-order valence-corrected chi connectivity index (χ3v) is 8.62.